The van der Waals surface area contributed by atoms with Crippen LogP contribution >= 0.6 is 0 Å². The fraction of sp³-hybridized carbons (Fsp3) is 0.0811. The molecule has 0 radical (unpaired) electrons. The molecule has 6 heterocycles. The molecule has 0 bridgehead atoms. The van der Waals surface area contributed by atoms with Gasteiger partial charge in [-0.2, -0.15) is 10.2 Å². The molecule has 49 heavy (non-hydrogen) atoms. The summed E-state index contributed by atoms with van der Waals surface area (Å²) >= 11 is 0. The van der Waals surface area contributed by atoms with Gasteiger partial charge in [-0.05, 0) is 46.2 Å². The van der Waals surface area contributed by atoms with Gasteiger partial charge in [0.25, 0.3) is 0 Å². The van der Waals surface area contributed by atoms with Gasteiger partial charge in [-0.25, -0.2) is 18.6 Å². The minimum absolute atomic E-state index is 0. The SMILES string of the molecule is COC(=O)c1cnn2cccc(Cc3cc4ccccc4cn3)c12.O=C(O)c1cnn2cccc(Cc3cc4ccccc4cn3)c12.[Na+].[OH-]. The maximum absolute atomic E-state index is 12.0. The molecule has 0 saturated carbocycles. The number of aromatic nitrogens is 6. The molecule has 0 aliphatic heterocycles. The smallest absolute Gasteiger partial charge is 0.870 e. The number of methoxy groups -OCH3 is 1. The topological polar surface area (TPSA) is 154 Å². The van der Waals surface area contributed by atoms with E-state index in [2.05, 4.69) is 32.3 Å². The first-order chi connectivity index (χ1) is 23.0. The van der Waals surface area contributed by atoms with Crippen LogP contribution in [-0.4, -0.2) is 58.8 Å². The number of carboxylic acid groups (broad SMARTS) is 1. The Morgan fingerprint density at radius 1 is 0.653 bits per heavy atom. The van der Waals surface area contributed by atoms with Crippen LogP contribution in [0.3, 0.4) is 0 Å². The third-order valence-electron chi connectivity index (χ3n) is 8.00. The number of rotatable bonds is 6. The number of carboxylic acids is 1. The predicted molar refractivity (Wildman–Crippen MR) is 180 cm³/mol. The average molecular weight is 661 g/mol. The number of nitrogens with zero attached hydrogens (tertiary/aromatic N) is 6. The monoisotopic (exact) mass is 660 g/mol. The third kappa shape index (κ3) is 7.20. The molecule has 0 spiro atoms. The molecule has 238 valence electrons. The minimum atomic E-state index is -0.973. The van der Waals surface area contributed by atoms with E-state index < -0.39 is 5.97 Å². The van der Waals surface area contributed by atoms with Gasteiger partial charge < -0.3 is 15.3 Å². The molecule has 0 fully saturated rings. The van der Waals surface area contributed by atoms with Gasteiger partial charge in [0.15, 0.2) is 0 Å². The van der Waals surface area contributed by atoms with Crippen LogP contribution < -0.4 is 29.6 Å². The van der Waals surface area contributed by atoms with E-state index in [0.717, 1.165) is 49.6 Å². The van der Waals surface area contributed by atoms with Crippen LogP contribution in [0, 0.1) is 0 Å². The first-order valence-corrected chi connectivity index (χ1v) is 14.9. The number of pyridine rings is 4. The summed E-state index contributed by atoms with van der Waals surface area (Å²) in [6.07, 6.45) is 11.4. The van der Waals surface area contributed by atoms with Gasteiger partial charge in [-0.1, -0.05) is 60.7 Å². The van der Waals surface area contributed by atoms with E-state index in [1.54, 1.807) is 21.4 Å². The molecular formula is C37H29N6NaO5. The number of hydrogen-bond acceptors (Lipinski definition) is 8. The molecule has 8 aromatic rings. The van der Waals surface area contributed by atoms with Crippen LogP contribution in [0.5, 0.6) is 0 Å². The van der Waals surface area contributed by atoms with Crippen LogP contribution in [0.25, 0.3) is 32.6 Å². The number of benzene rings is 2. The molecular weight excluding hydrogens is 631 g/mol. The van der Waals surface area contributed by atoms with E-state index in [0.29, 0.717) is 23.9 Å². The van der Waals surface area contributed by atoms with Gasteiger partial charge in [-0.15, -0.1) is 0 Å². The summed E-state index contributed by atoms with van der Waals surface area (Å²) in [4.78, 5) is 32.4. The van der Waals surface area contributed by atoms with Gasteiger partial charge in [0.05, 0.1) is 30.5 Å². The number of hydrogen-bond donors (Lipinski definition) is 1. The molecule has 0 amide bonds. The van der Waals surface area contributed by atoms with Gasteiger partial charge in [0.2, 0.25) is 0 Å². The Bertz CT molecular complexity index is 2440. The molecule has 2 aromatic carbocycles. The van der Waals surface area contributed by atoms with Gasteiger partial charge >= 0.3 is 41.5 Å². The zero-order chi connectivity index (χ0) is 32.3. The van der Waals surface area contributed by atoms with Crippen molar-refractivity contribution in [3.63, 3.8) is 0 Å². The van der Waals surface area contributed by atoms with E-state index in [1.165, 1.54) is 13.3 Å². The molecule has 0 aliphatic carbocycles. The van der Waals surface area contributed by atoms with Crippen molar-refractivity contribution in [2.24, 2.45) is 0 Å². The van der Waals surface area contributed by atoms with Crippen molar-refractivity contribution in [1.82, 2.24) is 29.2 Å². The molecule has 12 heteroatoms. The molecule has 2 N–H and O–H groups in total. The Morgan fingerprint density at radius 2 is 1.10 bits per heavy atom. The van der Waals surface area contributed by atoms with Crippen molar-refractivity contribution in [2.45, 2.75) is 12.8 Å². The van der Waals surface area contributed by atoms with Crippen LogP contribution in [0.4, 0.5) is 0 Å². The van der Waals surface area contributed by atoms with Crippen LogP contribution in [0.15, 0.2) is 122 Å². The largest absolute Gasteiger partial charge is 1.00 e. The molecule has 0 unspecified atom stereocenters. The second kappa shape index (κ2) is 15.2. The summed E-state index contributed by atoms with van der Waals surface area (Å²) in [7, 11) is 1.37. The van der Waals surface area contributed by atoms with Crippen LogP contribution in [0.1, 0.15) is 43.2 Å². The summed E-state index contributed by atoms with van der Waals surface area (Å²) < 4.78 is 8.15. The number of carbonyl (C=O) groups is 2. The average Bonchev–Trinajstić information content (AvgIpc) is 3.75. The Hall–Kier alpha value is -5.46. The van der Waals surface area contributed by atoms with E-state index in [4.69, 9.17) is 4.74 Å². The fourth-order valence-corrected chi connectivity index (χ4v) is 5.77. The maximum atomic E-state index is 12.0. The first-order valence-electron chi connectivity index (χ1n) is 14.9. The molecule has 0 aliphatic rings. The van der Waals surface area contributed by atoms with Crippen molar-refractivity contribution in [2.75, 3.05) is 7.11 Å². The molecule has 8 rings (SSSR count). The van der Waals surface area contributed by atoms with Gasteiger partial charge in [-0.3, -0.25) is 9.97 Å². The van der Waals surface area contributed by atoms with Crippen molar-refractivity contribution < 1.29 is 54.5 Å². The fourth-order valence-electron chi connectivity index (χ4n) is 5.77. The number of fused-ring (bicyclic) bond motifs is 4. The molecule has 6 aromatic heterocycles. The molecule has 11 nitrogen and oxygen atoms in total. The maximum Gasteiger partial charge on any atom is 1.00 e. The number of aromatic carboxylic acids is 1. The molecule has 0 saturated heterocycles. The van der Waals surface area contributed by atoms with Crippen molar-refractivity contribution in [3.05, 3.63) is 156 Å². The summed E-state index contributed by atoms with van der Waals surface area (Å²) in [5.41, 5.74) is 5.78. The second-order valence-corrected chi connectivity index (χ2v) is 11.0. The van der Waals surface area contributed by atoms with Gasteiger partial charge in [0.1, 0.15) is 11.1 Å². The van der Waals surface area contributed by atoms with Gasteiger partial charge in [0, 0.05) is 59.8 Å². The Labute approximate surface area is 302 Å². The van der Waals surface area contributed by atoms with E-state index in [1.807, 2.05) is 91.4 Å². The van der Waals surface area contributed by atoms with E-state index >= 15 is 0 Å². The first kappa shape index (κ1) is 34.9. The minimum Gasteiger partial charge on any atom is -0.870 e. The summed E-state index contributed by atoms with van der Waals surface area (Å²) in [6.45, 7) is 0. The predicted octanol–water partition coefficient (Wildman–Crippen LogP) is 3.26. The van der Waals surface area contributed by atoms with Crippen molar-refractivity contribution in [3.8, 4) is 0 Å². The zero-order valence-corrected chi connectivity index (χ0v) is 28.8. The van der Waals surface area contributed by atoms with Crippen molar-refractivity contribution >= 4 is 44.5 Å². The summed E-state index contributed by atoms with van der Waals surface area (Å²) in [6, 6.07) is 28.0. The Balaban J connectivity index is 0.000000184. The Morgan fingerprint density at radius 3 is 1.57 bits per heavy atom. The zero-order valence-electron chi connectivity index (χ0n) is 26.8. The number of ether oxygens (including phenoxy) is 1. The standard InChI is InChI=1S/C19H15N3O2.C18H13N3O2.Na.H2O/c1-24-19(23)17-12-21-22-8-4-7-14(18(17)22)10-16-9-13-5-2-3-6-15(13)11-20-16;22-18(23)16-11-20-21-7-3-6-13(17(16)21)9-15-8-12-4-1-2-5-14(12)10-19-15;;/h2-9,11-12H,10H2,1H3;1-8,10-11H,9H2,(H,22,23);;1H2/q;;+1;/p-1. The quantitative estimate of drug-likeness (QED) is 0.209. The van der Waals surface area contributed by atoms with E-state index in [-0.39, 0.29) is 46.6 Å². The summed E-state index contributed by atoms with van der Waals surface area (Å²) in [5, 5.41) is 22.1. The van der Waals surface area contributed by atoms with E-state index in [9.17, 15) is 14.7 Å². The third-order valence-corrected chi connectivity index (χ3v) is 8.00. The molecule has 0 atom stereocenters. The van der Waals surface area contributed by atoms with Crippen molar-refractivity contribution in [1.29, 1.82) is 0 Å². The number of carbonyl (C=O) groups excluding carboxylic acids is 1. The van der Waals surface area contributed by atoms with Crippen LogP contribution in [-0.2, 0) is 17.6 Å². The second-order valence-electron chi connectivity index (χ2n) is 11.0. The summed E-state index contributed by atoms with van der Waals surface area (Å²) in [5.74, 6) is -1.36. The Kier molecular flexibility index (Phi) is 10.8. The number of esters is 1. The normalized spacial score (nSPS) is 10.6. The van der Waals surface area contributed by atoms with Crippen LogP contribution in [0.2, 0.25) is 0 Å².